The van der Waals surface area contributed by atoms with E-state index in [4.69, 9.17) is 5.26 Å². The first-order valence-corrected chi connectivity index (χ1v) is 6.25. The summed E-state index contributed by atoms with van der Waals surface area (Å²) in [4.78, 5) is 11.8. The normalized spacial score (nSPS) is 13.5. The Hall–Kier alpha value is -1.34. The molecule has 3 nitrogen and oxygen atoms in total. The fourth-order valence-corrected chi connectivity index (χ4v) is 1.60. The van der Waals surface area contributed by atoms with Crippen LogP contribution in [-0.2, 0) is 11.2 Å². The molecule has 0 aromatic heterocycles. The van der Waals surface area contributed by atoms with Crippen molar-refractivity contribution >= 4 is 21.8 Å². The summed E-state index contributed by atoms with van der Waals surface area (Å²) in [6, 6.07) is 9.68. The Morgan fingerprint density at radius 1 is 1.47 bits per heavy atom. The highest BCUT2D eigenvalue weighted by Crippen LogP contribution is 2.12. The fourth-order valence-electron chi connectivity index (χ4n) is 1.33. The molecule has 1 amide bonds. The summed E-state index contributed by atoms with van der Waals surface area (Å²) < 4.78 is 0.983. The van der Waals surface area contributed by atoms with Gasteiger partial charge in [0.15, 0.2) is 0 Å². The Balaban J connectivity index is 2.62. The van der Waals surface area contributed by atoms with Gasteiger partial charge in [-0.1, -0.05) is 35.0 Å². The van der Waals surface area contributed by atoms with Crippen molar-refractivity contribution in [1.29, 1.82) is 5.26 Å². The maximum atomic E-state index is 11.8. The van der Waals surface area contributed by atoms with Crippen LogP contribution in [0.2, 0.25) is 0 Å². The molecule has 1 N–H and O–H groups in total. The number of carbonyl (C=O) groups is 1. The minimum Gasteiger partial charge on any atom is -0.338 e. The average Bonchev–Trinajstić information content (AvgIpc) is 2.32. The lowest BCUT2D eigenvalue weighted by molar-refractivity contribution is -0.121. The molecule has 0 bridgehead atoms. The van der Waals surface area contributed by atoms with Crippen molar-refractivity contribution in [3.63, 3.8) is 0 Å². The van der Waals surface area contributed by atoms with Gasteiger partial charge in [0.2, 0.25) is 5.91 Å². The molecule has 1 aromatic carbocycles. The Bertz CT molecular complexity index is 436. The Morgan fingerprint density at radius 2 is 2.06 bits per heavy atom. The Kier molecular flexibility index (Phi) is 4.71. The molecule has 0 saturated heterocycles. The number of rotatable bonds is 4. The molecule has 1 rings (SSSR count). The van der Waals surface area contributed by atoms with Crippen molar-refractivity contribution in [3.8, 4) is 6.07 Å². The molecule has 1 atom stereocenters. The van der Waals surface area contributed by atoms with Crippen molar-refractivity contribution in [2.24, 2.45) is 0 Å². The van der Waals surface area contributed by atoms with Crippen LogP contribution >= 0.6 is 15.9 Å². The third-order valence-electron chi connectivity index (χ3n) is 2.65. The minimum absolute atomic E-state index is 0.127. The van der Waals surface area contributed by atoms with E-state index in [2.05, 4.69) is 27.3 Å². The van der Waals surface area contributed by atoms with E-state index in [0.29, 0.717) is 12.8 Å². The van der Waals surface area contributed by atoms with E-state index in [1.54, 1.807) is 6.92 Å². The molecule has 0 saturated carbocycles. The molecular weight excluding hydrogens is 280 g/mol. The van der Waals surface area contributed by atoms with Crippen LogP contribution in [0.25, 0.3) is 0 Å². The van der Waals surface area contributed by atoms with E-state index in [1.165, 1.54) is 0 Å². The lowest BCUT2D eigenvalue weighted by Crippen LogP contribution is -2.44. The number of nitriles is 1. The van der Waals surface area contributed by atoms with Crippen LogP contribution < -0.4 is 5.32 Å². The predicted octanol–water partition coefficient (Wildman–Crippen LogP) is 2.80. The van der Waals surface area contributed by atoms with Gasteiger partial charge in [0.05, 0.1) is 12.5 Å². The van der Waals surface area contributed by atoms with E-state index in [-0.39, 0.29) is 5.91 Å². The summed E-state index contributed by atoms with van der Waals surface area (Å²) >= 11 is 3.34. The molecule has 90 valence electrons. The van der Waals surface area contributed by atoms with Gasteiger partial charge >= 0.3 is 0 Å². The van der Waals surface area contributed by atoms with Crippen LogP contribution in [0.4, 0.5) is 0 Å². The van der Waals surface area contributed by atoms with Gasteiger partial charge in [0.25, 0.3) is 0 Å². The highest BCUT2D eigenvalue weighted by molar-refractivity contribution is 9.10. The number of benzene rings is 1. The molecule has 17 heavy (non-hydrogen) atoms. The monoisotopic (exact) mass is 294 g/mol. The van der Waals surface area contributed by atoms with E-state index in [1.807, 2.05) is 31.2 Å². The second-order valence-corrected chi connectivity index (χ2v) is 5.06. The lowest BCUT2D eigenvalue weighted by Gasteiger charge is -2.21. The molecule has 0 spiro atoms. The highest BCUT2D eigenvalue weighted by Gasteiger charge is 2.23. The first-order valence-electron chi connectivity index (χ1n) is 5.46. The van der Waals surface area contributed by atoms with Crippen molar-refractivity contribution in [3.05, 3.63) is 34.3 Å². The molecule has 0 heterocycles. The third kappa shape index (κ3) is 4.20. The van der Waals surface area contributed by atoms with Crippen LogP contribution in [0.3, 0.4) is 0 Å². The van der Waals surface area contributed by atoms with Crippen LogP contribution in [0.15, 0.2) is 28.7 Å². The van der Waals surface area contributed by atoms with Gasteiger partial charge in [-0.2, -0.15) is 5.26 Å². The zero-order valence-electron chi connectivity index (χ0n) is 9.96. The number of carbonyl (C=O) groups excluding carboxylic acids is 1. The predicted molar refractivity (Wildman–Crippen MR) is 70.3 cm³/mol. The second kappa shape index (κ2) is 5.83. The summed E-state index contributed by atoms with van der Waals surface area (Å²) in [6.07, 6.45) is 0.889. The van der Waals surface area contributed by atoms with Gasteiger partial charge in [-0.3, -0.25) is 4.79 Å². The molecule has 1 aromatic rings. The second-order valence-electron chi connectivity index (χ2n) is 4.15. The zero-order chi connectivity index (χ0) is 12.9. The maximum absolute atomic E-state index is 11.8. The van der Waals surface area contributed by atoms with Crippen LogP contribution in [0.1, 0.15) is 25.8 Å². The van der Waals surface area contributed by atoms with E-state index >= 15 is 0 Å². The van der Waals surface area contributed by atoms with Gasteiger partial charge in [0.1, 0.15) is 5.54 Å². The SMILES string of the molecule is CC[C@@](C)(C#N)NC(=O)Cc1ccc(Br)cc1. The summed E-state index contributed by atoms with van der Waals surface area (Å²) in [5.41, 5.74) is 0.161. The van der Waals surface area contributed by atoms with Crippen molar-refractivity contribution < 1.29 is 4.79 Å². The quantitative estimate of drug-likeness (QED) is 0.928. The van der Waals surface area contributed by atoms with Crippen LogP contribution in [-0.4, -0.2) is 11.4 Å². The number of halogens is 1. The third-order valence-corrected chi connectivity index (χ3v) is 3.18. The first kappa shape index (κ1) is 13.7. The van der Waals surface area contributed by atoms with Crippen LogP contribution in [0.5, 0.6) is 0 Å². The molecule has 0 aliphatic heterocycles. The maximum Gasteiger partial charge on any atom is 0.225 e. The van der Waals surface area contributed by atoms with Gasteiger partial charge in [-0.05, 0) is 31.0 Å². The average molecular weight is 295 g/mol. The van der Waals surface area contributed by atoms with Gasteiger partial charge in [-0.25, -0.2) is 0 Å². The van der Waals surface area contributed by atoms with Gasteiger partial charge in [-0.15, -0.1) is 0 Å². The standard InChI is InChI=1S/C13H15BrN2O/c1-3-13(2,9-15)16-12(17)8-10-4-6-11(14)7-5-10/h4-7H,3,8H2,1-2H3,(H,16,17)/t13-/m0/s1. The summed E-state index contributed by atoms with van der Waals surface area (Å²) in [6.45, 7) is 3.61. The molecule has 0 aliphatic carbocycles. The Labute approximate surface area is 110 Å². The summed E-state index contributed by atoms with van der Waals surface area (Å²) in [7, 11) is 0. The number of nitrogens with zero attached hydrogens (tertiary/aromatic N) is 1. The Morgan fingerprint density at radius 3 is 2.53 bits per heavy atom. The van der Waals surface area contributed by atoms with Crippen molar-refractivity contribution in [2.75, 3.05) is 0 Å². The molecular formula is C13H15BrN2O. The van der Waals surface area contributed by atoms with Crippen LogP contribution in [0, 0.1) is 11.3 Å². The smallest absolute Gasteiger partial charge is 0.225 e. The molecule has 0 fully saturated rings. The molecule has 0 unspecified atom stereocenters. The minimum atomic E-state index is -0.771. The zero-order valence-corrected chi connectivity index (χ0v) is 11.5. The fraction of sp³-hybridized carbons (Fsp3) is 0.385. The first-order chi connectivity index (χ1) is 7.99. The number of amides is 1. The van der Waals surface area contributed by atoms with E-state index in [9.17, 15) is 4.79 Å². The number of nitrogens with one attached hydrogen (secondary N) is 1. The number of hydrogen-bond donors (Lipinski definition) is 1. The summed E-state index contributed by atoms with van der Waals surface area (Å²) in [5, 5.41) is 11.7. The lowest BCUT2D eigenvalue weighted by atomic mass is 10.0. The number of hydrogen-bond acceptors (Lipinski definition) is 2. The van der Waals surface area contributed by atoms with Gasteiger partial charge in [0, 0.05) is 4.47 Å². The highest BCUT2D eigenvalue weighted by atomic mass is 79.9. The molecule has 4 heteroatoms. The van der Waals surface area contributed by atoms with Crippen molar-refractivity contribution in [1.82, 2.24) is 5.32 Å². The largest absolute Gasteiger partial charge is 0.338 e. The van der Waals surface area contributed by atoms with E-state index in [0.717, 1.165) is 10.0 Å². The molecule has 0 radical (unpaired) electrons. The topological polar surface area (TPSA) is 52.9 Å². The van der Waals surface area contributed by atoms with Crippen molar-refractivity contribution in [2.45, 2.75) is 32.2 Å². The van der Waals surface area contributed by atoms with Gasteiger partial charge < -0.3 is 5.32 Å². The molecule has 0 aliphatic rings. The van der Waals surface area contributed by atoms with E-state index < -0.39 is 5.54 Å². The summed E-state index contributed by atoms with van der Waals surface area (Å²) in [5.74, 6) is -0.127.